The van der Waals surface area contributed by atoms with Gasteiger partial charge in [-0.05, 0) is 19.3 Å². The van der Waals surface area contributed by atoms with E-state index in [4.69, 9.17) is 0 Å². The Morgan fingerprint density at radius 3 is 1.73 bits per heavy atom. The molecule has 0 saturated heterocycles. The molecule has 0 amide bonds. The van der Waals surface area contributed by atoms with Gasteiger partial charge < -0.3 is 19.8 Å². The molecule has 0 N–H and O–H groups in total. The second kappa shape index (κ2) is 8.31. The summed E-state index contributed by atoms with van der Waals surface area (Å²) in [5, 5.41) is 21.3. The molecule has 0 radical (unpaired) electrons. The van der Waals surface area contributed by atoms with Gasteiger partial charge in [0.05, 0.1) is 11.9 Å². The fraction of sp³-hybridized carbons (Fsp3) is 0.778. The number of carbonyl (C=O) groups is 2. The second-order valence-electron chi connectivity index (χ2n) is 3.47. The van der Waals surface area contributed by atoms with Gasteiger partial charge >= 0.3 is 37.7 Å². The van der Waals surface area contributed by atoms with Crippen LogP contribution < -0.4 is 47.9 Å². The molecule has 0 rings (SSSR count). The first-order valence-corrected chi connectivity index (χ1v) is 4.30. The van der Waals surface area contributed by atoms with E-state index >= 15 is 0 Å². The van der Waals surface area contributed by atoms with Crippen molar-refractivity contribution in [2.45, 2.75) is 33.6 Å². The van der Waals surface area contributed by atoms with Crippen molar-refractivity contribution in [2.75, 3.05) is 0 Å². The van der Waals surface area contributed by atoms with Gasteiger partial charge in [-0.3, -0.25) is 0 Å². The molecule has 76 valence electrons. The van der Waals surface area contributed by atoms with E-state index in [0.29, 0.717) is 6.42 Å². The monoisotopic (exact) mass is 200 g/mol. The van der Waals surface area contributed by atoms with Crippen LogP contribution in [0.3, 0.4) is 0 Å². The molecule has 0 bridgehead atoms. The molecule has 0 heterocycles. The quantitative estimate of drug-likeness (QED) is 0.326. The van der Waals surface area contributed by atoms with Crippen molar-refractivity contribution in [3.8, 4) is 0 Å². The molecule has 0 aromatic carbocycles. The maximum absolute atomic E-state index is 10.6. The SMILES string of the molecule is CCCC(C)C(C)(C(=O)[O-])C(=O)[O-].[Li+].[Li+]. The molecule has 0 fully saturated rings. The molecule has 0 spiro atoms. The minimum atomic E-state index is -1.88. The Kier molecular flexibility index (Phi) is 11.4. The van der Waals surface area contributed by atoms with Gasteiger partial charge in [-0.25, -0.2) is 0 Å². The average Bonchev–Trinajstić information content (AvgIpc) is 2.02. The van der Waals surface area contributed by atoms with Crippen molar-refractivity contribution < 1.29 is 57.5 Å². The van der Waals surface area contributed by atoms with E-state index in [1.165, 1.54) is 0 Å². The van der Waals surface area contributed by atoms with Gasteiger partial charge in [0.25, 0.3) is 0 Å². The zero-order chi connectivity index (χ0) is 10.6. The Morgan fingerprint density at radius 2 is 1.53 bits per heavy atom. The predicted molar refractivity (Wildman–Crippen MR) is 42.2 cm³/mol. The van der Waals surface area contributed by atoms with Gasteiger partial charge in [-0.2, -0.15) is 0 Å². The third-order valence-electron chi connectivity index (χ3n) is 2.56. The molecule has 0 aromatic heterocycles. The van der Waals surface area contributed by atoms with Crippen LogP contribution in [0, 0.1) is 11.3 Å². The van der Waals surface area contributed by atoms with Crippen molar-refractivity contribution in [1.29, 1.82) is 0 Å². The molecular weight excluding hydrogens is 186 g/mol. The number of hydrogen-bond acceptors (Lipinski definition) is 4. The normalized spacial score (nSPS) is 11.9. The Hall–Kier alpha value is 0.135. The fourth-order valence-corrected chi connectivity index (χ4v) is 1.21. The molecule has 0 aliphatic carbocycles. The van der Waals surface area contributed by atoms with Crippen LogP contribution >= 0.6 is 0 Å². The standard InChI is InChI=1S/C9H16O4.2Li/c1-4-5-6(2)9(3,7(10)11)8(12)13;;/h6H,4-5H2,1-3H3,(H,10,11)(H,12,13);;/q;2*+1/p-2. The van der Waals surface area contributed by atoms with Crippen LogP contribution in [-0.2, 0) is 9.59 Å². The first kappa shape index (κ1) is 20.5. The van der Waals surface area contributed by atoms with Gasteiger partial charge in [-0.1, -0.05) is 20.3 Å². The van der Waals surface area contributed by atoms with E-state index < -0.39 is 23.3 Å². The summed E-state index contributed by atoms with van der Waals surface area (Å²) in [5.74, 6) is -3.63. The zero-order valence-electron chi connectivity index (χ0n) is 10.1. The largest absolute Gasteiger partial charge is 1.00 e. The second-order valence-corrected chi connectivity index (χ2v) is 3.47. The van der Waals surface area contributed by atoms with E-state index in [9.17, 15) is 19.8 Å². The molecule has 15 heavy (non-hydrogen) atoms. The summed E-state index contributed by atoms with van der Waals surface area (Å²) in [7, 11) is 0. The van der Waals surface area contributed by atoms with Crippen molar-refractivity contribution in [3.05, 3.63) is 0 Å². The molecule has 0 saturated carbocycles. The Balaban J connectivity index is -0.000000720. The summed E-state index contributed by atoms with van der Waals surface area (Å²) >= 11 is 0. The summed E-state index contributed by atoms with van der Waals surface area (Å²) in [4.78, 5) is 21.3. The van der Waals surface area contributed by atoms with E-state index in [1.807, 2.05) is 6.92 Å². The van der Waals surface area contributed by atoms with Crippen LogP contribution in [0.15, 0.2) is 0 Å². The van der Waals surface area contributed by atoms with Gasteiger partial charge in [0.2, 0.25) is 0 Å². The molecule has 1 atom stereocenters. The third-order valence-corrected chi connectivity index (χ3v) is 2.56. The summed E-state index contributed by atoms with van der Waals surface area (Å²) < 4.78 is 0. The third kappa shape index (κ3) is 4.66. The predicted octanol–water partition coefficient (Wildman–Crippen LogP) is -7.06. The van der Waals surface area contributed by atoms with E-state index in [0.717, 1.165) is 13.3 Å². The minimum absolute atomic E-state index is 0. The van der Waals surface area contributed by atoms with Crippen LogP contribution in [0.4, 0.5) is 0 Å². The van der Waals surface area contributed by atoms with Crippen LogP contribution in [0.2, 0.25) is 0 Å². The number of aliphatic carboxylic acids is 2. The number of hydrogen-bond donors (Lipinski definition) is 0. The molecule has 0 aliphatic rings. The fourth-order valence-electron chi connectivity index (χ4n) is 1.21. The Labute approximate surface area is 114 Å². The first-order valence-electron chi connectivity index (χ1n) is 4.30. The molecule has 0 aliphatic heterocycles. The van der Waals surface area contributed by atoms with Crippen LogP contribution in [-0.4, -0.2) is 11.9 Å². The zero-order valence-corrected chi connectivity index (χ0v) is 10.1. The minimum Gasteiger partial charge on any atom is -0.549 e. The van der Waals surface area contributed by atoms with E-state index in [-0.39, 0.29) is 37.7 Å². The maximum atomic E-state index is 10.6. The van der Waals surface area contributed by atoms with Crippen LogP contribution in [0.5, 0.6) is 0 Å². The number of rotatable bonds is 5. The van der Waals surface area contributed by atoms with Gasteiger partial charge in [0.1, 0.15) is 0 Å². The topological polar surface area (TPSA) is 80.3 Å². The molecule has 4 nitrogen and oxygen atoms in total. The Bertz CT molecular complexity index is 204. The van der Waals surface area contributed by atoms with Crippen molar-refractivity contribution >= 4 is 11.9 Å². The van der Waals surface area contributed by atoms with Gasteiger partial charge in [0.15, 0.2) is 0 Å². The molecule has 6 heteroatoms. The number of carbonyl (C=O) groups excluding carboxylic acids is 2. The average molecular weight is 200 g/mol. The summed E-state index contributed by atoms with van der Waals surface area (Å²) in [5.41, 5.74) is -1.88. The van der Waals surface area contributed by atoms with Crippen LogP contribution in [0.25, 0.3) is 0 Å². The van der Waals surface area contributed by atoms with Crippen LogP contribution in [0.1, 0.15) is 33.6 Å². The number of carboxylic acids is 2. The van der Waals surface area contributed by atoms with Crippen molar-refractivity contribution in [1.82, 2.24) is 0 Å². The summed E-state index contributed by atoms with van der Waals surface area (Å²) in [6.45, 7) is 4.58. The summed E-state index contributed by atoms with van der Waals surface area (Å²) in [6.07, 6.45) is 1.26. The molecule has 1 unspecified atom stereocenters. The van der Waals surface area contributed by atoms with Gasteiger partial charge in [0, 0.05) is 5.41 Å². The molecule has 0 aromatic rings. The smallest absolute Gasteiger partial charge is 0.549 e. The molecular formula is C9H14Li2O4. The summed E-state index contributed by atoms with van der Waals surface area (Å²) in [6, 6.07) is 0. The van der Waals surface area contributed by atoms with Crippen molar-refractivity contribution in [3.63, 3.8) is 0 Å². The van der Waals surface area contributed by atoms with E-state index in [1.54, 1.807) is 6.92 Å². The number of carboxylic acid groups (broad SMARTS) is 2. The van der Waals surface area contributed by atoms with Gasteiger partial charge in [-0.15, -0.1) is 0 Å². The van der Waals surface area contributed by atoms with Crippen molar-refractivity contribution in [2.24, 2.45) is 11.3 Å². The maximum Gasteiger partial charge on any atom is 1.00 e. The van der Waals surface area contributed by atoms with E-state index in [2.05, 4.69) is 0 Å². The Morgan fingerprint density at radius 1 is 1.20 bits per heavy atom. The first-order chi connectivity index (χ1) is 5.87.